The minimum absolute atomic E-state index is 0.262. The number of anilines is 1. The van der Waals surface area contributed by atoms with Crippen molar-refractivity contribution in [2.75, 3.05) is 44.2 Å². The van der Waals surface area contributed by atoms with Crippen LogP contribution in [-0.4, -0.2) is 67.1 Å². The Morgan fingerprint density at radius 2 is 1.82 bits per heavy atom. The first-order chi connectivity index (χ1) is 13.7. The molecule has 2 unspecified atom stereocenters. The van der Waals surface area contributed by atoms with Gasteiger partial charge >= 0.3 is 0 Å². The van der Waals surface area contributed by atoms with Gasteiger partial charge in [0.15, 0.2) is 0 Å². The number of ether oxygens (including phenoxy) is 1. The molecule has 3 aliphatic heterocycles. The van der Waals surface area contributed by atoms with Gasteiger partial charge in [-0.2, -0.15) is 0 Å². The second-order valence-corrected chi connectivity index (χ2v) is 8.69. The molecule has 0 saturated carbocycles. The predicted molar refractivity (Wildman–Crippen MR) is 113 cm³/mol. The summed E-state index contributed by atoms with van der Waals surface area (Å²) >= 11 is 0. The fourth-order valence-corrected chi connectivity index (χ4v) is 5.02. The van der Waals surface area contributed by atoms with E-state index in [1.165, 1.54) is 45.3 Å². The summed E-state index contributed by atoms with van der Waals surface area (Å²) in [5, 5.41) is 0. The molecule has 5 heteroatoms. The van der Waals surface area contributed by atoms with Crippen LogP contribution in [0.25, 0.3) is 0 Å². The second kappa shape index (κ2) is 9.27. The van der Waals surface area contributed by atoms with E-state index in [2.05, 4.69) is 28.9 Å². The topological polar surface area (TPSA) is 36.0 Å². The molecule has 0 aliphatic carbocycles. The summed E-state index contributed by atoms with van der Waals surface area (Å²) in [4.78, 5) is 19.6. The summed E-state index contributed by atoms with van der Waals surface area (Å²) in [5.74, 6) is 1.17. The van der Waals surface area contributed by atoms with Crippen LogP contribution in [0.1, 0.15) is 51.9 Å². The van der Waals surface area contributed by atoms with E-state index in [0.717, 1.165) is 50.0 Å². The van der Waals surface area contributed by atoms with Gasteiger partial charge in [0, 0.05) is 31.2 Å². The van der Waals surface area contributed by atoms with Gasteiger partial charge in [0.2, 0.25) is 5.91 Å². The van der Waals surface area contributed by atoms with Gasteiger partial charge in [0.1, 0.15) is 5.75 Å². The maximum absolute atomic E-state index is 12.5. The van der Waals surface area contributed by atoms with Crippen LogP contribution in [0, 0.1) is 0 Å². The lowest BCUT2D eigenvalue weighted by Gasteiger charge is -2.28. The van der Waals surface area contributed by atoms with Gasteiger partial charge < -0.3 is 19.4 Å². The summed E-state index contributed by atoms with van der Waals surface area (Å²) in [7, 11) is 0. The number of hydrogen-bond acceptors (Lipinski definition) is 4. The number of rotatable bonds is 8. The van der Waals surface area contributed by atoms with Gasteiger partial charge in [0.25, 0.3) is 0 Å². The summed E-state index contributed by atoms with van der Waals surface area (Å²) in [6.45, 7) is 8.81. The molecule has 3 saturated heterocycles. The second-order valence-electron chi connectivity index (χ2n) is 8.69. The molecule has 28 heavy (non-hydrogen) atoms. The molecule has 154 valence electrons. The van der Waals surface area contributed by atoms with Gasteiger partial charge in [-0.3, -0.25) is 4.79 Å². The van der Waals surface area contributed by atoms with E-state index in [0.29, 0.717) is 12.5 Å². The van der Waals surface area contributed by atoms with Crippen LogP contribution in [0.15, 0.2) is 24.3 Å². The first kappa shape index (κ1) is 19.7. The highest BCUT2D eigenvalue weighted by atomic mass is 16.5. The molecule has 0 aromatic heterocycles. The molecule has 1 aromatic carbocycles. The summed E-state index contributed by atoms with van der Waals surface area (Å²) in [5.41, 5.74) is 1.02. The SMILES string of the molecule is CC1CCCN1CCCOc1ccc(N2C(=O)CCC2CN2CCCC2)cc1. The maximum atomic E-state index is 12.5. The van der Waals surface area contributed by atoms with Crippen LogP contribution in [0.3, 0.4) is 0 Å². The van der Waals surface area contributed by atoms with Crippen LogP contribution in [0.4, 0.5) is 5.69 Å². The molecule has 0 spiro atoms. The van der Waals surface area contributed by atoms with E-state index in [1.807, 2.05) is 17.0 Å². The molecule has 1 amide bonds. The van der Waals surface area contributed by atoms with E-state index in [4.69, 9.17) is 4.74 Å². The van der Waals surface area contributed by atoms with Gasteiger partial charge in [-0.05, 0) is 89.3 Å². The number of carbonyl (C=O) groups is 1. The van der Waals surface area contributed by atoms with Crippen LogP contribution in [0.2, 0.25) is 0 Å². The fourth-order valence-electron chi connectivity index (χ4n) is 5.02. The Bertz CT molecular complexity index is 642. The lowest BCUT2D eigenvalue weighted by molar-refractivity contribution is -0.117. The predicted octanol–water partition coefficient (Wildman–Crippen LogP) is 3.53. The molecule has 0 N–H and O–H groups in total. The maximum Gasteiger partial charge on any atom is 0.227 e. The number of hydrogen-bond donors (Lipinski definition) is 0. The molecule has 0 bridgehead atoms. The molecular weight excluding hydrogens is 350 g/mol. The zero-order valence-electron chi connectivity index (χ0n) is 17.3. The smallest absolute Gasteiger partial charge is 0.227 e. The third kappa shape index (κ3) is 4.69. The summed E-state index contributed by atoms with van der Waals surface area (Å²) in [6, 6.07) is 9.19. The highest BCUT2D eigenvalue weighted by molar-refractivity contribution is 5.96. The van der Waals surface area contributed by atoms with Crippen LogP contribution in [0.5, 0.6) is 5.75 Å². The Morgan fingerprint density at radius 1 is 1.04 bits per heavy atom. The normalized spacial score (nSPS) is 26.5. The molecular formula is C23H35N3O2. The third-order valence-electron chi connectivity index (χ3n) is 6.66. The van der Waals surface area contributed by atoms with Crippen molar-refractivity contribution in [1.82, 2.24) is 9.80 Å². The zero-order chi connectivity index (χ0) is 19.3. The van der Waals surface area contributed by atoms with Gasteiger partial charge in [-0.1, -0.05) is 0 Å². The van der Waals surface area contributed by atoms with Crippen LogP contribution in [-0.2, 0) is 4.79 Å². The molecule has 3 aliphatic rings. The molecule has 3 fully saturated rings. The Labute approximate surface area is 169 Å². The van der Waals surface area contributed by atoms with Gasteiger partial charge in [-0.15, -0.1) is 0 Å². The summed E-state index contributed by atoms with van der Waals surface area (Å²) < 4.78 is 5.94. The Kier molecular flexibility index (Phi) is 6.53. The van der Waals surface area contributed by atoms with Crippen molar-refractivity contribution in [2.24, 2.45) is 0 Å². The fraction of sp³-hybridized carbons (Fsp3) is 0.696. The molecule has 4 rings (SSSR count). The molecule has 5 nitrogen and oxygen atoms in total. The minimum Gasteiger partial charge on any atom is -0.494 e. The van der Waals surface area contributed by atoms with Crippen molar-refractivity contribution >= 4 is 11.6 Å². The molecule has 2 atom stereocenters. The first-order valence-corrected chi connectivity index (χ1v) is 11.2. The Hall–Kier alpha value is -1.59. The number of amides is 1. The highest BCUT2D eigenvalue weighted by Gasteiger charge is 2.33. The largest absolute Gasteiger partial charge is 0.494 e. The zero-order valence-corrected chi connectivity index (χ0v) is 17.3. The number of nitrogens with zero attached hydrogens (tertiary/aromatic N) is 3. The average Bonchev–Trinajstić information content (AvgIpc) is 3.43. The highest BCUT2D eigenvalue weighted by Crippen LogP contribution is 2.29. The van der Waals surface area contributed by atoms with Crippen molar-refractivity contribution in [3.05, 3.63) is 24.3 Å². The molecule has 0 radical (unpaired) electrons. The number of carbonyl (C=O) groups excluding carboxylic acids is 1. The first-order valence-electron chi connectivity index (χ1n) is 11.2. The van der Waals surface area contributed by atoms with E-state index < -0.39 is 0 Å². The van der Waals surface area contributed by atoms with E-state index in [1.54, 1.807) is 0 Å². The van der Waals surface area contributed by atoms with E-state index in [9.17, 15) is 4.79 Å². The van der Waals surface area contributed by atoms with Crippen molar-refractivity contribution in [2.45, 2.75) is 64.0 Å². The molecule has 1 aromatic rings. The van der Waals surface area contributed by atoms with Crippen LogP contribution >= 0.6 is 0 Å². The Morgan fingerprint density at radius 3 is 2.54 bits per heavy atom. The third-order valence-corrected chi connectivity index (χ3v) is 6.66. The van der Waals surface area contributed by atoms with E-state index in [-0.39, 0.29) is 5.91 Å². The van der Waals surface area contributed by atoms with Gasteiger partial charge in [0.05, 0.1) is 12.6 Å². The standard InChI is InChI=1S/C23H35N3O2/c1-19-6-4-15-25(19)16-5-17-28-22-10-7-20(8-11-22)26-21(9-12-23(26)27)18-24-13-2-3-14-24/h7-8,10-11,19,21H,2-6,9,12-18H2,1H3. The van der Waals surface area contributed by atoms with Gasteiger partial charge in [-0.25, -0.2) is 0 Å². The summed E-state index contributed by atoms with van der Waals surface area (Å²) in [6.07, 6.45) is 7.96. The average molecular weight is 386 g/mol. The van der Waals surface area contributed by atoms with Crippen molar-refractivity contribution in [3.8, 4) is 5.75 Å². The monoisotopic (exact) mass is 385 g/mol. The van der Waals surface area contributed by atoms with Crippen molar-refractivity contribution in [1.29, 1.82) is 0 Å². The lowest BCUT2D eigenvalue weighted by atomic mass is 10.2. The molecule has 3 heterocycles. The van der Waals surface area contributed by atoms with Crippen molar-refractivity contribution < 1.29 is 9.53 Å². The van der Waals surface area contributed by atoms with Crippen LogP contribution < -0.4 is 9.64 Å². The van der Waals surface area contributed by atoms with Crippen molar-refractivity contribution in [3.63, 3.8) is 0 Å². The number of benzene rings is 1. The lowest BCUT2D eigenvalue weighted by Crippen LogP contribution is -2.41. The Balaban J connectivity index is 1.27. The quantitative estimate of drug-likeness (QED) is 0.642. The minimum atomic E-state index is 0.262. The van der Waals surface area contributed by atoms with E-state index >= 15 is 0 Å². The number of likely N-dealkylation sites (tertiary alicyclic amines) is 2.